The van der Waals surface area contributed by atoms with Crippen molar-refractivity contribution in [3.05, 3.63) is 35.4 Å². The van der Waals surface area contributed by atoms with Gasteiger partial charge in [-0.1, -0.05) is 70.4 Å². The molecule has 0 amide bonds. The molecule has 1 N–H and O–H groups in total. The van der Waals surface area contributed by atoms with Crippen LogP contribution >= 0.6 is 0 Å². The number of hydrogen-bond acceptors (Lipinski definition) is 2. The standard InChI is InChI=1S/C10H18O2.C10H14.C3H8/c1-3-10(12)6-4-9(5-7-10)8(2)11;1-3-4-10-7-5-9(2)6-8-10;1-3-2/h9,12H,3-7H2,1-2H3;5-8H,3-4H2,1-2H3;3H2,1-2H3. The minimum absolute atomic E-state index is 0.219. The number of ketones is 1. The van der Waals surface area contributed by atoms with E-state index in [-0.39, 0.29) is 11.7 Å². The molecule has 0 atom stereocenters. The van der Waals surface area contributed by atoms with Crippen LogP contribution in [0.3, 0.4) is 0 Å². The molecule has 1 aliphatic rings. The minimum Gasteiger partial charge on any atom is -0.390 e. The van der Waals surface area contributed by atoms with Gasteiger partial charge in [-0.15, -0.1) is 0 Å². The van der Waals surface area contributed by atoms with Crippen molar-refractivity contribution in [2.24, 2.45) is 5.92 Å². The van der Waals surface area contributed by atoms with Gasteiger partial charge in [0.2, 0.25) is 0 Å². The predicted molar refractivity (Wildman–Crippen MR) is 109 cm³/mol. The molecular weight excluding hydrogens is 308 g/mol. The third-order valence-electron chi connectivity index (χ3n) is 4.81. The van der Waals surface area contributed by atoms with Gasteiger partial charge in [-0.25, -0.2) is 0 Å². The summed E-state index contributed by atoms with van der Waals surface area (Å²) in [5.41, 5.74) is 2.33. The summed E-state index contributed by atoms with van der Waals surface area (Å²) in [6, 6.07) is 8.76. The molecule has 1 aromatic rings. The summed E-state index contributed by atoms with van der Waals surface area (Å²) in [6.07, 6.45) is 7.86. The van der Waals surface area contributed by atoms with E-state index < -0.39 is 5.60 Å². The summed E-state index contributed by atoms with van der Waals surface area (Å²) >= 11 is 0. The fourth-order valence-corrected chi connectivity index (χ4v) is 2.96. The van der Waals surface area contributed by atoms with Crippen LogP contribution < -0.4 is 0 Å². The van der Waals surface area contributed by atoms with Crippen molar-refractivity contribution < 1.29 is 9.90 Å². The average molecular weight is 349 g/mol. The van der Waals surface area contributed by atoms with Gasteiger partial charge in [0, 0.05) is 5.92 Å². The molecule has 1 saturated carbocycles. The molecule has 1 aromatic carbocycles. The van der Waals surface area contributed by atoms with Crippen LogP contribution in [-0.4, -0.2) is 16.5 Å². The summed E-state index contributed by atoms with van der Waals surface area (Å²) in [4.78, 5) is 11.0. The van der Waals surface area contributed by atoms with Gasteiger partial charge in [0.1, 0.15) is 5.78 Å². The van der Waals surface area contributed by atoms with Gasteiger partial charge < -0.3 is 5.11 Å². The second-order valence-corrected chi connectivity index (χ2v) is 7.41. The Hall–Kier alpha value is -1.15. The van der Waals surface area contributed by atoms with Gasteiger partial charge in [0.25, 0.3) is 0 Å². The Balaban J connectivity index is 0.000000403. The largest absolute Gasteiger partial charge is 0.390 e. The molecular formula is C23H40O2. The molecule has 0 aliphatic heterocycles. The van der Waals surface area contributed by atoms with Gasteiger partial charge in [-0.3, -0.25) is 4.79 Å². The molecule has 25 heavy (non-hydrogen) atoms. The van der Waals surface area contributed by atoms with Gasteiger partial charge >= 0.3 is 0 Å². The lowest BCUT2D eigenvalue weighted by Gasteiger charge is -2.34. The molecule has 2 heteroatoms. The van der Waals surface area contributed by atoms with Crippen molar-refractivity contribution in [2.45, 2.75) is 98.5 Å². The molecule has 0 bridgehead atoms. The first kappa shape index (κ1) is 23.9. The summed E-state index contributed by atoms with van der Waals surface area (Å²) in [5, 5.41) is 9.87. The minimum atomic E-state index is -0.466. The van der Waals surface area contributed by atoms with Crippen LogP contribution in [-0.2, 0) is 11.2 Å². The first-order valence-corrected chi connectivity index (χ1v) is 10.1. The van der Waals surface area contributed by atoms with Crippen molar-refractivity contribution in [3.8, 4) is 0 Å². The molecule has 0 saturated heterocycles. The van der Waals surface area contributed by atoms with Crippen molar-refractivity contribution in [3.63, 3.8) is 0 Å². The number of hydrogen-bond donors (Lipinski definition) is 1. The molecule has 2 rings (SSSR count). The van der Waals surface area contributed by atoms with Crippen molar-refractivity contribution in [1.82, 2.24) is 0 Å². The Morgan fingerprint density at radius 1 is 1.08 bits per heavy atom. The molecule has 0 heterocycles. The van der Waals surface area contributed by atoms with E-state index in [0.717, 1.165) is 32.1 Å². The van der Waals surface area contributed by atoms with E-state index >= 15 is 0 Å². The highest BCUT2D eigenvalue weighted by atomic mass is 16.3. The third-order valence-corrected chi connectivity index (χ3v) is 4.81. The number of carbonyl (C=O) groups excluding carboxylic acids is 1. The lowest BCUT2D eigenvalue weighted by molar-refractivity contribution is -0.123. The van der Waals surface area contributed by atoms with E-state index in [1.54, 1.807) is 6.92 Å². The monoisotopic (exact) mass is 348 g/mol. The van der Waals surface area contributed by atoms with Gasteiger partial charge in [0.15, 0.2) is 0 Å². The average Bonchev–Trinajstić information content (AvgIpc) is 2.59. The second kappa shape index (κ2) is 13.1. The number of Topliss-reactive ketones (excluding diaryl/α,β-unsaturated/α-hetero) is 1. The fraction of sp³-hybridized carbons (Fsp3) is 0.696. The van der Waals surface area contributed by atoms with Crippen molar-refractivity contribution in [2.75, 3.05) is 0 Å². The zero-order chi connectivity index (χ0) is 19.3. The fourth-order valence-electron chi connectivity index (χ4n) is 2.96. The Bertz CT molecular complexity index is 453. The van der Waals surface area contributed by atoms with Crippen LogP contribution in [0.25, 0.3) is 0 Å². The molecule has 1 aliphatic carbocycles. The van der Waals surface area contributed by atoms with Crippen molar-refractivity contribution >= 4 is 5.78 Å². The summed E-state index contributed by atoms with van der Waals surface area (Å²) < 4.78 is 0. The van der Waals surface area contributed by atoms with Crippen LogP contribution in [0.4, 0.5) is 0 Å². The van der Waals surface area contributed by atoms with Gasteiger partial charge in [-0.2, -0.15) is 0 Å². The first-order chi connectivity index (χ1) is 11.8. The van der Waals surface area contributed by atoms with E-state index in [1.807, 2.05) is 6.92 Å². The lowest BCUT2D eigenvalue weighted by atomic mass is 9.76. The SMILES string of the molecule is CCC.CCC1(O)CCC(C(C)=O)CC1.CCCc1ccc(C)cc1. The topological polar surface area (TPSA) is 37.3 Å². The number of rotatable bonds is 4. The van der Waals surface area contributed by atoms with E-state index in [4.69, 9.17) is 0 Å². The zero-order valence-electron chi connectivity index (χ0n) is 17.4. The Kier molecular flexibility index (Phi) is 12.5. The van der Waals surface area contributed by atoms with Crippen LogP contribution in [0.5, 0.6) is 0 Å². The van der Waals surface area contributed by atoms with E-state index in [2.05, 4.69) is 52.0 Å². The van der Waals surface area contributed by atoms with Crippen LogP contribution in [0.1, 0.15) is 90.7 Å². The molecule has 0 radical (unpaired) electrons. The Morgan fingerprint density at radius 3 is 1.92 bits per heavy atom. The highest BCUT2D eigenvalue weighted by molar-refractivity contribution is 5.78. The maximum Gasteiger partial charge on any atom is 0.132 e. The first-order valence-electron chi connectivity index (χ1n) is 10.1. The Morgan fingerprint density at radius 2 is 1.56 bits per heavy atom. The smallest absolute Gasteiger partial charge is 0.132 e. The summed E-state index contributed by atoms with van der Waals surface area (Å²) in [5.74, 6) is 0.505. The predicted octanol–water partition coefficient (Wildman–Crippen LogP) is 6.27. The maximum atomic E-state index is 11.0. The van der Waals surface area contributed by atoms with Crippen LogP contribution in [0.2, 0.25) is 0 Å². The van der Waals surface area contributed by atoms with E-state index in [1.165, 1.54) is 30.4 Å². The highest BCUT2D eigenvalue weighted by Gasteiger charge is 2.32. The van der Waals surface area contributed by atoms with E-state index in [0.29, 0.717) is 0 Å². The zero-order valence-corrected chi connectivity index (χ0v) is 17.4. The number of aliphatic hydroxyl groups is 1. The molecule has 0 spiro atoms. The van der Waals surface area contributed by atoms with Crippen LogP contribution in [0, 0.1) is 12.8 Å². The molecule has 1 fully saturated rings. The lowest BCUT2D eigenvalue weighted by Crippen LogP contribution is -2.34. The normalized spacial score (nSPS) is 22.1. The van der Waals surface area contributed by atoms with E-state index in [9.17, 15) is 9.90 Å². The third kappa shape index (κ3) is 10.4. The number of benzene rings is 1. The van der Waals surface area contributed by atoms with Crippen LogP contribution in [0.15, 0.2) is 24.3 Å². The van der Waals surface area contributed by atoms with Gasteiger partial charge in [0.05, 0.1) is 5.60 Å². The quantitative estimate of drug-likeness (QED) is 0.696. The molecule has 0 aromatic heterocycles. The maximum absolute atomic E-state index is 11.0. The second-order valence-electron chi connectivity index (χ2n) is 7.41. The number of aryl methyl sites for hydroxylation is 2. The van der Waals surface area contributed by atoms with Gasteiger partial charge in [-0.05, 0) is 57.9 Å². The number of carbonyl (C=O) groups is 1. The summed E-state index contributed by atoms with van der Waals surface area (Å²) in [6.45, 7) is 12.2. The highest BCUT2D eigenvalue weighted by Crippen LogP contribution is 2.34. The molecule has 2 nitrogen and oxygen atoms in total. The van der Waals surface area contributed by atoms with Crippen molar-refractivity contribution in [1.29, 1.82) is 0 Å². The molecule has 144 valence electrons. The molecule has 0 unspecified atom stereocenters. The summed E-state index contributed by atoms with van der Waals surface area (Å²) in [7, 11) is 0. The Labute approximate surface area is 156 Å².